The van der Waals surface area contributed by atoms with Gasteiger partial charge in [-0.15, -0.1) is 0 Å². The zero-order valence-electron chi connectivity index (χ0n) is 10.6. The molecule has 1 heterocycles. The second-order valence-corrected chi connectivity index (χ2v) is 5.11. The summed E-state index contributed by atoms with van der Waals surface area (Å²) in [6, 6.07) is 7.96. The number of rotatable bonds is 5. The number of hydrogen-bond acceptors (Lipinski definition) is 3. The number of para-hydroxylation sites is 1. The second kappa shape index (κ2) is 5.07. The molecule has 0 spiro atoms. The lowest BCUT2D eigenvalue weighted by Crippen LogP contribution is -2.51. The first kappa shape index (κ1) is 12.4. The Balaban J connectivity index is 2.02. The van der Waals surface area contributed by atoms with Crippen molar-refractivity contribution in [3.63, 3.8) is 0 Å². The van der Waals surface area contributed by atoms with Crippen molar-refractivity contribution < 1.29 is 9.47 Å². The molecule has 0 unspecified atom stereocenters. The molecule has 0 aromatic heterocycles. The quantitative estimate of drug-likeness (QED) is 0.851. The van der Waals surface area contributed by atoms with Gasteiger partial charge in [0.15, 0.2) is 0 Å². The van der Waals surface area contributed by atoms with Gasteiger partial charge >= 0.3 is 0 Å². The molecule has 0 atom stereocenters. The highest BCUT2D eigenvalue weighted by Gasteiger charge is 2.42. The van der Waals surface area contributed by atoms with Crippen LogP contribution in [0.4, 0.5) is 0 Å². The van der Waals surface area contributed by atoms with Crippen molar-refractivity contribution in [2.24, 2.45) is 17.1 Å². The first-order valence-corrected chi connectivity index (χ1v) is 6.16. The lowest BCUT2D eigenvalue weighted by molar-refractivity contribution is -0.156. The zero-order valence-corrected chi connectivity index (χ0v) is 10.6. The van der Waals surface area contributed by atoms with E-state index in [0.717, 1.165) is 24.5 Å². The highest BCUT2D eigenvalue weighted by atomic mass is 16.5. The molecule has 1 aliphatic rings. The van der Waals surface area contributed by atoms with Crippen LogP contribution in [0.2, 0.25) is 0 Å². The van der Waals surface area contributed by atoms with Crippen molar-refractivity contribution in [3.05, 3.63) is 29.8 Å². The van der Waals surface area contributed by atoms with Crippen LogP contribution in [-0.4, -0.2) is 19.8 Å². The summed E-state index contributed by atoms with van der Waals surface area (Å²) < 4.78 is 11.3. The van der Waals surface area contributed by atoms with E-state index in [1.165, 1.54) is 0 Å². The monoisotopic (exact) mass is 235 g/mol. The van der Waals surface area contributed by atoms with Crippen molar-refractivity contribution in [2.45, 2.75) is 20.4 Å². The van der Waals surface area contributed by atoms with E-state index in [4.69, 9.17) is 15.2 Å². The van der Waals surface area contributed by atoms with E-state index < -0.39 is 0 Å². The molecule has 2 N–H and O–H groups in total. The van der Waals surface area contributed by atoms with E-state index in [0.29, 0.717) is 19.1 Å². The van der Waals surface area contributed by atoms with Crippen LogP contribution in [0.1, 0.15) is 19.4 Å². The maximum atomic E-state index is 5.94. The Bertz CT molecular complexity index is 372. The molecule has 3 nitrogen and oxygen atoms in total. The van der Waals surface area contributed by atoms with Gasteiger partial charge < -0.3 is 15.2 Å². The summed E-state index contributed by atoms with van der Waals surface area (Å²) >= 11 is 0. The summed E-state index contributed by atoms with van der Waals surface area (Å²) in [7, 11) is 0. The Morgan fingerprint density at radius 3 is 2.59 bits per heavy atom. The van der Waals surface area contributed by atoms with Gasteiger partial charge in [-0.1, -0.05) is 32.0 Å². The average molecular weight is 235 g/mol. The molecule has 3 heteroatoms. The maximum Gasteiger partial charge on any atom is 0.123 e. The summed E-state index contributed by atoms with van der Waals surface area (Å²) in [6.45, 7) is 7.27. The van der Waals surface area contributed by atoms with E-state index in [1.807, 2.05) is 24.3 Å². The number of nitrogens with two attached hydrogens (primary N) is 1. The summed E-state index contributed by atoms with van der Waals surface area (Å²) in [6.07, 6.45) is 0. The first-order valence-electron chi connectivity index (χ1n) is 6.16. The van der Waals surface area contributed by atoms with Gasteiger partial charge in [-0.25, -0.2) is 0 Å². The molecule has 0 bridgehead atoms. The molecule has 1 aliphatic heterocycles. The van der Waals surface area contributed by atoms with Crippen LogP contribution < -0.4 is 10.5 Å². The Hall–Kier alpha value is -1.06. The normalized spacial score (nSPS) is 17.9. The van der Waals surface area contributed by atoms with Crippen molar-refractivity contribution in [1.29, 1.82) is 0 Å². The van der Waals surface area contributed by atoms with Gasteiger partial charge in [-0.2, -0.15) is 0 Å². The van der Waals surface area contributed by atoms with Gasteiger partial charge in [0.2, 0.25) is 0 Å². The average Bonchev–Trinajstić information content (AvgIpc) is 2.27. The van der Waals surface area contributed by atoms with Gasteiger partial charge in [0.1, 0.15) is 5.75 Å². The Labute approximate surface area is 103 Å². The molecule has 1 aromatic carbocycles. The predicted octanol–water partition coefficient (Wildman–Crippen LogP) is 2.20. The fourth-order valence-corrected chi connectivity index (χ4v) is 1.98. The van der Waals surface area contributed by atoms with Crippen molar-refractivity contribution in [1.82, 2.24) is 0 Å². The van der Waals surface area contributed by atoms with Crippen LogP contribution in [0.3, 0.4) is 0 Å². The van der Waals surface area contributed by atoms with Crippen LogP contribution in [0.25, 0.3) is 0 Å². The molecule has 1 fully saturated rings. The van der Waals surface area contributed by atoms with E-state index in [1.54, 1.807) is 0 Å². The predicted molar refractivity (Wildman–Crippen MR) is 67.9 cm³/mol. The maximum absolute atomic E-state index is 5.94. The first-order chi connectivity index (χ1) is 8.18. The molecule has 0 amide bonds. The zero-order chi connectivity index (χ0) is 12.3. The molecule has 1 aromatic rings. The summed E-state index contributed by atoms with van der Waals surface area (Å²) in [5, 5.41) is 0. The Kier molecular flexibility index (Phi) is 3.69. The lowest BCUT2D eigenvalue weighted by Gasteiger charge is -2.44. The Morgan fingerprint density at radius 2 is 2.06 bits per heavy atom. The van der Waals surface area contributed by atoms with E-state index >= 15 is 0 Å². The van der Waals surface area contributed by atoms with Crippen LogP contribution in [0, 0.1) is 11.3 Å². The molecule has 94 valence electrons. The highest BCUT2D eigenvalue weighted by Crippen LogP contribution is 2.36. The van der Waals surface area contributed by atoms with Crippen LogP contribution in [0.5, 0.6) is 5.75 Å². The smallest absolute Gasteiger partial charge is 0.123 e. The molecule has 0 radical (unpaired) electrons. The fourth-order valence-electron chi connectivity index (χ4n) is 1.98. The summed E-state index contributed by atoms with van der Waals surface area (Å²) in [5.41, 5.74) is 6.94. The van der Waals surface area contributed by atoms with Gasteiger partial charge in [0, 0.05) is 12.1 Å². The molecule has 2 rings (SSSR count). The molecule has 0 saturated carbocycles. The second-order valence-electron chi connectivity index (χ2n) is 5.11. The van der Waals surface area contributed by atoms with Gasteiger partial charge in [0.25, 0.3) is 0 Å². The van der Waals surface area contributed by atoms with Crippen LogP contribution in [0.15, 0.2) is 24.3 Å². The summed E-state index contributed by atoms with van der Waals surface area (Å²) in [5.74, 6) is 1.48. The van der Waals surface area contributed by atoms with Gasteiger partial charge in [-0.05, 0) is 12.0 Å². The third-order valence-corrected chi connectivity index (χ3v) is 3.71. The largest absolute Gasteiger partial charge is 0.492 e. The topological polar surface area (TPSA) is 44.5 Å². The number of hydrogen-bond donors (Lipinski definition) is 1. The minimum atomic E-state index is 0.182. The van der Waals surface area contributed by atoms with Gasteiger partial charge in [-0.3, -0.25) is 0 Å². The third-order valence-electron chi connectivity index (χ3n) is 3.71. The molecule has 1 saturated heterocycles. The number of benzene rings is 1. The van der Waals surface area contributed by atoms with Crippen molar-refractivity contribution >= 4 is 0 Å². The van der Waals surface area contributed by atoms with Crippen LogP contribution in [-0.2, 0) is 11.3 Å². The standard InChI is InChI=1S/C14H21NO2/c1-11(2)14(8-16-9-14)10-17-13-6-4-3-5-12(13)7-15/h3-6,11H,7-10,15H2,1-2H3. The Morgan fingerprint density at radius 1 is 1.35 bits per heavy atom. The molecule has 17 heavy (non-hydrogen) atoms. The van der Waals surface area contributed by atoms with Gasteiger partial charge in [0.05, 0.1) is 25.2 Å². The van der Waals surface area contributed by atoms with Crippen molar-refractivity contribution in [2.75, 3.05) is 19.8 Å². The fraction of sp³-hybridized carbons (Fsp3) is 0.571. The minimum Gasteiger partial charge on any atom is -0.492 e. The summed E-state index contributed by atoms with van der Waals surface area (Å²) in [4.78, 5) is 0. The lowest BCUT2D eigenvalue weighted by atomic mass is 9.76. The van der Waals surface area contributed by atoms with E-state index in [-0.39, 0.29) is 5.41 Å². The van der Waals surface area contributed by atoms with E-state index in [9.17, 15) is 0 Å². The minimum absolute atomic E-state index is 0.182. The van der Waals surface area contributed by atoms with Crippen molar-refractivity contribution in [3.8, 4) is 5.75 Å². The van der Waals surface area contributed by atoms with E-state index in [2.05, 4.69) is 13.8 Å². The number of ether oxygens (including phenoxy) is 2. The van der Waals surface area contributed by atoms with Crippen LogP contribution >= 0.6 is 0 Å². The third kappa shape index (κ3) is 2.45. The SMILES string of the molecule is CC(C)C1(COc2ccccc2CN)COC1. The molecular formula is C14H21NO2. The highest BCUT2D eigenvalue weighted by molar-refractivity contribution is 5.33. The molecular weight excluding hydrogens is 214 g/mol. The molecule has 0 aliphatic carbocycles.